The molecule has 0 spiro atoms. The zero-order chi connectivity index (χ0) is 16.8. The van der Waals surface area contributed by atoms with Crippen LogP contribution in [0.2, 0.25) is 0 Å². The van der Waals surface area contributed by atoms with E-state index in [1.807, 2.05) is 22.5 Å². The predicted molar refractivity (Wildman–Crippen MR) is 95.6 cm³/mol. The van der Waals surface area contributed by atoms with Crippen molar-refractivity contribution in [1.29, 1.82) is 0 Å². The first-order valence-corrected chi connectivity index (χ1v) is 9.73. The third-order valence-corrected chi connectivity index (χ3v) is 5.68. The van der Waals surface area contributed by atoms with E-state index < -0.39 is 0 Å². The SMILES string of the molecule is CCCCn1nnnc1CN1[C@@H](CO)CSC[C@H]1c1ccccc1. The van der Waals surface area contributed by atoms with Crippen molar-refractivity contribution in [2.24, 2.45) is 0 Å². The van der Waals surface area contributed by atoms with E-state index in [-0.39, 0.29) is 18.7 Å². The van der Waals surface area contributed by atoms with Gasteiger partial charge in [0.15, 0.2) is 5.82 Å². The van der Waals surface area contributed by atoms with Crippen molar-refractivity contribution in [3.63, 3.8) is 0 Å². The Labute approximate surface area is 147 Å². The maximum Gasteiger partial charge on any atom is 0.165 e. The van der Waals surface area contributed by atoms with Crippen LogP contribution in [0.1, 0.15) is 37.2 Å². The van der Waals surface area contributed by atoms with Gasteiger partial charge >= 0.3 is 0 Å². The molecule has 2 aromatic rings. The summed E-state index contributed by atoms with van der Waals surface area (Å²) in [6.07, 6.45) is 2.19. The molecule has 7 heteroatoms. The average molecular weight is 347 g/mol. The van der Waals surface area contributed by atoms with E-state index in [1.165, 1.54) is 5.56 Å². The van der Waals surface area contributed by atoms with Crippen molar-refractivity contribution in [1.82, 2.24) is 25.1 Å². The largest absolute Gasteiger partial charge is 0.395 e. The summed E-state index contributed by atoms with van der Waals surface area (Å²) in [6.45, 7) is 3.84. The summed E-state index contributed by atoms with van der Waals surface area (Å²) in [5.41, 5.74) is 1.29. The molecule has 1 aromatic carbocycles. The molecule has 6 nitrogen and oxygen atoms in total. The lowest BCUT2D eigenvalue weighted by molar-refractivity contribution is 0.0874. The third kappa shape index (κ3) is 3.96. The second kappa shape index (κ2) is 8.60. The van der Waals surface area contributed by atoms with Crippen LogP contribution >= 0.6 is 11.8 Å². The Hall–Kier alpha value is -1.44. The van der Waals surface area contributed by atoms with Crippen LogP contribution in [0.5, 0.6) is 0 Å². The minimum Gasteiger partial charge on any atom is -0.395 e. The summed E-state index contributed by atoms with van der Waals surface area (Å²) in [6, 6.07) is 10.9. The van der Waals surface area contributed by atoms with Crippen molar-refractivity contribution < 1.29 is 5.11 Å². The Morgan fingerprint density at radius 1 is 1.25 bits per heavy atom. The Morgan fingerprint density at radius 3 is 2.83 bits per heavy atom. The monoisotopic (exact) mass is 347 g/mol. The van der Waals surface area contributed by atoms with Gasteiger partial charge in [0.2, 0.25) is 0 Å². The first kappa shape index (κ1) is 17.4. The number of unbranched alkanes of at least 4 members (excludes halogenated alkanes) is 1. The molecule has 1 aliphatic heterocycles. The second-order valence-electron chi connectivity index (χ2n) is 6.14. The predicted octanol–water partition coefficient (Wildman–Crippen LogP) is 2.12. The summed E-state index contributed by atoms with van der Waals surface area (Å²) >= 11 is 1.90. The molecule has 1 N–H and O–H groups in total. The Balaban J connectivity index is 1.82. The molecule has 0 saturated carbocycles. The van der Waals surface area contributed by atoms with E-state index in [0.717, 1.165) is 36.7 Å². The second-order valence-corrected chi connectivity index (χ2v) is 7.22. The highest BCUT2D eigenvalue weighted by atomic mass is 32.2. The van der Waals surface area contributed by atoms with Crippen LogP contribution in [0.4, 0.5) is 0 Å². The number of hydrogen-bond acceptors (Lipinski definition) is 6. The number of rotatable bonds is 7. The minimum absolute atomic E-state index is 0.130. The lowest BCUT2D eigenvalue weighted by Gasteiger charge is -2.41. The fraction of sp³-hybridized carbons (Fsp3) is 0.588. The zero-order valence-corrected chi connectivity index (χ0v) is 14.9. The van der Waals surface area contributed by atoms with Gasteiger partial charge in [0, 0.05) is 30.1 Å². The summed E-state index contributed by atoms with van der Waals surface area (Å²) < 4.78 is 1.90. The fourth-order valence-electron chi connectivity index (χ4n) is 3.10. The molecule has 24 heavy (non-hydrogen) atoms. The molecule has 1 saturated heterocycles. The van der Waals surface area contributed by atoms with Crippen molar-refractivity contribution in [2.45, 2.75) is 44.9 Å². The highest BCUT2D eigenvalue weighted by Gasteiger charge is 2.32. The number of aryl methyl sites for hydroxylation is 1. The molecule has 0 bridgehead atoms. The van der Waals surface area contributed by atoms with E-state index in [9.17, 15) is 5.11 Å². The van der Waals surface area contributed by atoms with Crippen molar-refractivity contribution >= 4 is 11.8 Å². The first-order valence-electron chi connectivity index (χ1n) is 8.57. The summed E-state index contributed by atoms with van der Waals surface area (Å²) in [5.74, 6) is 2.85. The molecule has 2 heterocycles. The fourth-order valence-corrected chi connectivity index (χ4v) is 4.42. The number of nitrogens with zero attached hydrogens (tertiary/aromatic N) is 5. The van der Waals surface area contributed by atoms with Gasteiger partial charge in [0.05, 0.1) is 13.2 Å². The molecule has 0 amide bonds. The molecule has 1 fully saturated rings. The smallest absolute Gasteiger partial charge is 0.165 e. The van der Waals surface area contributed by atoms with Gasteiger partial charge in [0.1, 0.15) is 0 Å². The Morgan fingerprint density at radius 2 is 2.08 bits per heavy atom. The highest BCUT2D eigenvalue weighted by Crippen LogP contribution is 2.33. The third-order valence-electron chi connectivity index (χ3n) is 4.50. The number of benzene rings is 1. The molecule has 1 aromatic heterocycles. The van der Waals surface area contributed by atoms with E-state index in [4.69, 9.17) is 0 Å². The number of aliphatic hydroxyl groups excluding tert-OH is 1. The van der Waals surface area contributed by atoms with Crippen LogP contribution in [0, 0.1) is 0 Å². The van der Waals surface area contributed by atoms with Gasteiger partial charge in [-0.3, -0.25) is 4.90 Å². The highest BCUT2D eigenvalue weighted by molar-refractivity contribution is 7.99. The number of tetrazole rings is 1. The van der Waals surface area contributed by atoms with Crippen LogP contribution in [0.3, 0.4) is 0 Å². The Kier molecular flexibility index (Phi) is 6.23. The average Bonchev–Trinajstić information content (AvgIpc) is 3.08. The molecule has 0 aliphatic carbocycles. The Bertz CT molecular complexity index is 620. The van der Waals surface area contributed by atoms with Gasteiger partial charge in [0.25, 0.3) is 0 Å². The molecule has 1 aliphatic rings. The van der Waals surface area contributed by atoms with Gasteiger partial charge in [-0.05, 0) is 22.4 Å². The molecule has 0 radical (unpaired) electrons. The maximum atomic E-state index is 9.85. The molecule has 0 unspecified atom stereocenters. The van der Waals surface area contributed by atoms with Crippen LogP contribution < -0.4 is 0 Å². The number of aromatic nitrogens is 4. The molecule has 130 valence electrons. The van der Waals surface area contributed by atoms with E-state index >= 15 is 0 Å². The lowest BCUT2D eigenvalue weighted by atomic mass is 10.0. The van der Waals surface area contributed by atoms with E-state index in [0.29, 0.717) is 6.54 Å². The molecular weight excluding hydrogens is 322 g/mol. The van der Waals surface area contributed by atoms with Crippen LogP contribution in [0.25, 0.3) is 0 Å². The lowest BCUT2D eigenvalue weighted by Crippen LogP contribution is -2.46. The first-order chi connectivity index (χ1) is 11.8. The summed E-state index contributed by atoms with van der Waals surface area (Å²) in [5, 5.41) is 22.1. The van der Waals surface area contributed by atoms with Crippen LogP contribution in [0.15, 0.2) is 30.3 Å². The van der Waals surface area contributed by atoms with E-state index in [1.54, 1.807) is 0 Å². The van der Waals surface area contributed by atoms with Gasteiger partial charge in [-0.25, -0.2) is 4.68 Å². The zero-order valence-electron chi connectivity index (χ0n) is 14.1. The number of aliphatic hydroxyl groups is 1. The minimum atomic E-state index is 0.130. The quantitative estimate of drug-likeness (QED) is 0.827. The van der Waals surface area contributed by atoms with Crippen molar-refractivity contribution in [3.8, 4) is 0 Å². The van der Waals surface area contributed by atoms with Gasteiger partial charge in [-0.15, -0.1) is 5.10 Å². The van der Waals surface area contributed by atoms with Gasteiger partial charge in [-0.2, -0.15) is 11.8 Å². The molecule has 2 atom stereocenters. The van der Waals surface area contributed by atoms with Gasteiger partial charge in [-0.1, -0.05) is 43.7 Å². The summed E-state index contributed by atoms with van der Waals surface area (Å²) in [4.78, 5) is 2.36. The maximum absolute atomic E-state index is 9.85. The normalized spacial score (nSPS) is 21.9. The van der Waals surface area contributed by atoms with Crippen LogP contribution in [-0.2, 0) is 13.1 Å². The number of thioether (sulfide) groups is 1. The molecular formula is C17H25N5OS. The summed E-state index contributed by atoms with van der Waals surface area (Å²) in [7, 11) is 0. The van der Waals surface area contributed by atoms with Crippen molar-refractivity contribution in [3.05, 3.63) is 41.7 Å². The number of hydrogen-bond donors (Lipinski definition) is 1. The molecule has 3 rings (SSSR count). The van der Waals surface area contributed by atoms with Crippen LogP contribution in [-0.4, -0.2) is 54.4 Å². The standard InChI is InChI=1S/C17H25N5OS/c1-2-3-9-22-17(18-19-20-22)10-21-15(11-23)12-24-13-16(21)14-7-5-4-6-8-14/h4-8,15-16,23H,2-3,9-13H2,1H3/t15-,16-/m0/s1. The van der Waals surface area contributed by atoms with Crippen molar-refractivity contribution in [2.75, 3.05) is 18.1 Å². The van der Waals surface area contributed by atoms with E-state index in [2.05, 4.69) is 51.6 Å². The topological polar surface area (TPSA) is 67.1 Å². The van der Waals surface area contributed by atoms with Gasteiger partial charge < -0.3 is 5.11 Å².